The van der Waals surface area contributed by atoms with Crippen LogP contribution >= 0.6 is 0 Å². The molecule has 0 amide bonds. The number of ether oxygens (including phenoxy) is 1. The molecule has 1 atom stereocenters. The van der Waals surface area contributed by atoms with Crippen molar-refractivity contribution in [2.45, 2.75) is 148 Å². The van der Waals surface area contributed by atoms with Crippen LogP contribution in [0.25, 0.3) is 0 Å². The summed E-state index contributed by atoms with van der Waals surface area (Å²) in [4.78, 5) is 22.8. The van der Waals surface area contributed by atoms with Crippen LogP contribution in [0.4, 0.5) is 0 Å². The number of carbonyl (C=O) groups is 2. The zero-order valence-corrected chi connectivity index (χ0v) is 21.7. The SMILES string of the molecule is CCCCC/C=C\C/C=C\CCCCCCCCCC(=O)OC(CCCC)CCCC(=O)O. The lowest BCUT2D eigenvalue weighted by Gasteiger charge is -2.17. The van der Waals surface area contributed by atoms with Gasteiger partial charge in [0.2, 0.25) is 0 Å². The van der Waals surface area contributed by atoms with Gasteiger partial charge in [0.25, 0.3) is 0 Å². The Kier molecular flexibility index (Phi) is 23.9. The molecule has 0 heterocycles. The van der Waals surface area contributed by atoms with Crippen molar-refractivity contribution in [2.24, 2.45) is 0 Å². The van der Waals surface area contributed by atoms with E-state index in [1.165, 1.54) is 64.2 Å². The van der Waals surface area contributed by atoms with Crippen LogP contribution in [0.5, 0.6) is 0 Å². The Hall–Kier alpha value is -1.58. The lowest BCUT2D eigenvalue weighted by atomic mass is 10.1. The molecule has 0 radical (unpaired) electrons. The Morgan fingerprint density at radius 3 is 1.82 bits per heavy atom. The number of carboxylic acids is 1. The molecule has 0 aliphatic rings. The standard InChI is InChI=1S/C29H52O4/c1-3-5-7-8-9-10-11-12-13-14-15-16-17-18-19-20-21-26-29(32)33-27(23-6-4-2)24-22-25-28(30)31/h9-10,12-13,27H,3-8,11,14-26H2,1-2H3,(H,30,31)/b10-9-,13-12-. The molecule has 1 N–H and O–H groups in total. The number of allylic oxidation sites excluding steroid dienone is 4. The van der Waals surface area contributed by atoms with Gasteiger partial charge in [-0.1, -0.05) is 95.9 Å². The fourth-order valence-corrected chi connectivity index (χ4v) is 3.85. The number of aliphatic carboxylic acids is 1. The van der Waals surface area contributed by atoms with E-state index in [0.29, 0.717) is 19.3 Å². The van der Waals surface area contributed by atoms with Crippen molar-refractivity contribution >= 4 is 11.9 Å². The molecule has 0 spiro atoms. The van der Waals surface area contributed by atoms with Crippen LogP contribution in [0, 0.1) is 0 Å². The van der Waals surface area contributed by atoms with E-state index in [0.717, 1.165) is 38.5 Å². The molecule has 4 nitrogen and oxygen atoms in total. The Labute approximate surface area is 204 Å². The number of rotatable bonds is 24. The van der Waals surface area contributed by atoms with Gasteiger partial charge < -0.3 is 9.84 Å². The summed E-state index contributed by atoms with van der Waals surface area (Å²) >= 11 is 0. The molecule has 0 aliphatic heterocycles. The maximum absolute atomic E-state index is 12.1. The van der Waals surface area contributed by atoms with E-state index in [2.05, 4.69) is 38.2 Å². The molecule has 0 fully saturated rings. The molecular formula is C29H52O4. The van der Waals surface area contributed by atoms with Gasteiger partial charge in [-0.3, -0.25) is 9.59 Å². The first-order chi connectivity index (χ1) is 16.1. The van der Waals surface area contributed by atoms with Crippen molar-refractivity contribution in [1.82, 2.24) is 0 Å². The lowest BCUT2D eigenvalue weighted by molar-refractivity contribution is -0.150. The second-order valence-electron chi connectivity index (χ2n) is 9.23. The van der Waals surface area contributed by atoms with Gasteiger partial charge in [-0.15, -0.1) is 0 Å². The first kappa shape index (κ1) is 31.4. The highest BCUT2D eigenvalue weighted by molar-refractivity contribution is 5.69. The van der Waals surface area contributed by atoms with Crippen LogP contribution in [0.15, 0.2) is 24.3 Å². The molecule has 33 heavy (non-hydrogen) atoms. The van der Waals surface area contributed by atoms with E-state index in [-0.39, 0.29) is 18.5 Å². The fraction of sp³-hybridized carbons (Fsp3) is 0.793. The van der Waals surface area contributed by atoms with Gasteiger partial charge >= 0.3 is 11.9 Å². The van der Waals surface area contributed by atoms with E-state index in [1.807, 2.05) is 0 Å². The zero-order chi connectivity index (χ0) is 24.4. The highest BCUT2D eigenvalue weighted by Gasteiger charge is 2.14. The molecule has 0 saturated heterocycles. The summed E-state index contributed by atoms with van der Waals surface area (Å²) in [5.74, 6) is -0.901. The van der Waals surface area contributed by atoms with Crippen molar-refractivity contribution < 1.29 is 19.4 Å². The van der Waals surface area contributed by atoms with Crippen molar-refractivity contribution in [3.05, 3.63) is 24.3 Å². The van der Waals surface area contributed by atoms with Gasteiger partial charge in [0, 0.05) is 12.8 Å². The molecule has 1 unspecified atom stereocenters. The van der Waals surface area contributed by atoms with Gasteiger partial charge in [-0.05, 0) is 57.8 Å². The topological polar surface area (TPSA) is 63.6 Å². The summed E-state index contributed by atoms with van der Waals surface area (Å²) in [6.45, 7) is 4.36. The smallest absolute Gasteiger partial charge is 0.306 e. The average Bonchev–Trinajstić information content (AvgIpc) is 2.79. The monoisotopic (exact) mass is 464 g/mol. The Morgan fingerprint density at radius 2 is 1.21 bits per heavy atom. The zero-order valence-electron chi connectivity index (χ0n) is 21.7. The van der Waals surface area contributed by atoms with Crippen LogP contribution in [-0.4, -0.2) is 23.1 Å². The van der Waals surface area contributed by atoms with Gasteiger partial charge in [-0.25, -0.2) is 0 Å². The maximum atomic E-state index is 12.1. The minimum absolute atomic E-state index is 0.117. The summed E-state index contributed by atoms with van der Waals surface area (Å²) in [5.41, 5.74) is 0. The number of unbranched alkanes of at least 4 members (excludes halogenated alkanes) is 11. The second kappa shape index (κ2) is 25.1. The number of esters is 1. The quantitative estimate of drug-likeness (QED) is 0.0879. The van der Waals surface area contributed by atoms with Crippen molar-refractivity contribution in [3.8, 4) is 0 Å². The van der Waals surface area contributed by atoms with E-state index in [1.54, 1.807) is 0 Å². The van der Waals surface area contributed by atoms with Gasteiger partial charge in [-0.2, -0.15) is 0 Å². The molecule has 0 rings (SSSR count). The Balaban J connectivity index is 3.60. The summed E-state index contributed by atoms with van der Waals surface area (Å²) in [7, 11) is 0. The Bertz CT molecular complexity index is 510. The first-order valence-corrected chi connectivity index (χ1v) is 13.8. The molecule has 4 heteroatoms. The predicted octanol–water partition coefficient (Wildman–Crippen LogP) is 8.94. The highest BCUT2D eigenvalue weighted by Crippen LogP contribution is 2.15. The van der Waals surface area contributed by atoms with E-state index in [4.69, 9.17) is 9.84 Å². The van der Waals surface area contributed by atoms with Crippen LogP contribution in [0.2, 0.25) is 0 Å². The molecule has 0 saturated carbocycles. The largest absolute Gasteiger partial charge is 0.481 e. The van der Waals surface area contributed by atoms with E-state index in [9.17, 15) is 9.59 Å². The third-order valence-electron chi connectivity index (χ3n) is 5.93. The van der Waals surface area contributed by atoms with E-state index >= 15 is 0 Å². The molecule has 0 aromatic carbocycles. The van der Waals surface area contributed by atoms with Crippen molar-refractivity contribution in [2.75, 3.05) is 0 Å². The summed E-state index contributed by atoms with van der Waals surface area (Å²) in [5, 5.41) is 8.79. The second-order valence-corrected chi connectivity index (χ2v) is 9.23. The fourth-order valence-electron chi connectivity index (χ4n) is 3.85. The minimum Gasteiger partial charge on any atom is -0.481 e. The molecule has 0 aromatic heterocycles. The van der Waals surface area contributed by atoms with Gasteiger partial charge in [0.1, 0.15) is 6.10 Å². The van der Waals surface area contributed by atoms with Crippen molar-refractivity contribution in [1.29, 1.82) is 0 Å². The summed E-state index contributed by atoms with van der Waals surface area (Å²) in [6.07, 6.45) is 29.5. The molecule has 0 aromatic rings. The maximum Gasteiger partial charge on any atom is 0.306 e. The molecular weight excluding hydrogens is 412 g/mol. The van der Waals surface area contributed by atoms with E-state index < -0.39 is 5.97 Å². The third kappa shape index (κ3) is 24.9. The minimum atomic E-state index is -0.784. The highest BCUT2D eigenvalue weighted by atomic mass is 16.5. The number of carbonyl (C=O) groups excluding carboxylic acids is 1. The van der Waals surface area contributed by atoms with Gasteiger partial charge in [0.15, 0.2) is 0 Å². The van der Waals surface area contributed by atoms with Crippen LogP contribution < -0.4 is 0 Å². The molecule has 0 aliphatic carbocycles. The molecule has 0 bridgehead atoms. The number of carboxylic acid groups (broad SMARTS) is 1. The van der Waals surface area contributed by atoms with Crippen LogP contribution in [-0.2, 0) is 14.3 Å². The average molecular weight is 465 g/mol. The van der Waals surface area contributed by atoms with Crippen molar-refractivity contribution in [3.63, 3.8) is 0 Å². The Morgan fingerprint density at radius 1 is 0.667 bits per heavy atom. The lowest BCUT2D eigenvalue weighted by Crippen LogP contribution is -2.18. The van der Waals surface area contributed by atoms with Crippen LogP contribution in [0.3, 0.4) is 0 Å². The number of hydrogen-bond donors (Lipinski definition) is 1. The summed E-state index contributed by atoms with van der Waals surface area (Å²) in [6, 6.07) is 0. The predicted molar refractivity (Wildman–Crippen MR) is 139 cm³/mol. The van der Waals surface area contributed by atoms with Crippen LogP contribution in [0.1, 0.15) is 142 Å². The summed E-state index contributed by atoms with van der Waals surface area (Å²) < 4.78 is 5.62. The van der Waals surface area contributed by atoms with Gasteiger partial charge in [0.05, 0.1) is 0 Å². The first-order valence-electron chi connectivity index (χ1n) is 13.8. The third-order valence-corrected chi connectivity index (χ3v) is 5.93. The molecule has 192 valence electrons. The normalized spacial score (nSPS) is 12.5. The number of hydrogen-bond acceptors (Lipinski definition) is 3.